The SMILES string of the molecule is CNC(C)CC1COc2ccc(S(C)(=O)=O)cc2O1. The lowest BCUT2D eigenvalue weighted by Gasteiger charge is -2.28. The monoisotopic (exact) mass is 285 g/mol. The van der Waals surface area contributed by atoms with Crippen LogP contribution in [0.2, 0.25) is 0 Å². The second-order valence-corrected chi connectivity index (χ2v) is 6.87. The molecule has 1 aliphatic heterocycles. The number of benzene rings is 1. The number of sulfone groups is 1. The Morgan fingerprint density at radius 3 is 2.79 bits per heavy atom. The van der Waals surface area contributed by atoms with Crippen LogP contribution in [0.3, 0.4) is 0 Å². The Bertz CT molecular complexity index is 556. The van der Waals surface area contributed by atoms with Gasteiger partial charge in [0.1, 0.15) is 12.7 Å². The van der Waals surface area contributed by atoms with E-state index in [1.165, 1.54) is 18.4 Å². The molecule has 1 N–H and O–H groups in total. The number of rotatable bonds is 4. The van der Waals surface area contributed by atoms with Gasteiger partial charge in [0.05, 0.1) is 4.90 Å². The summed E-state index contributed by atoms with van der Waals surface area (Å²) in [6, 6.07) is 5.02. The van der Waals surface area contributed by atoms with Gasteiger partial charge in [-0.3, -0.25) is 0 Å². The van der Waals surface area contributed by atoms with E-state index in [-0.39, 0.29) is 11.0 Å². The first-order valence-electron chi connectivity index (χ1n) is 6.21. The summed E-state index contributed by atoms with van der Waals surface area (Å²) in [5.74, 6) is 1.10. The zero-order valence-electron chi connectivity index (χ0n) is 11.3. The third-order valence-corrected chi connectivity index (χ3v) is 4.28. The van der Waals surface area contributed by atoms with Crippen molar-refractivity contribution in [3.63, 3.8) is 0 Å². The van der Waals surface area contributed by atoms with E-state index in [1.54, 1.807) is 6.07 Å². The third-order valence-electron chi connectivity index (χ3n) is 3.17. The molecule has 2 unspecified atom stereocenters. The molecule has 0 bridgehead atoms. The van der Waals surface area contributed by atoms with Crippen LogP contribution in [0.1, 0.15) is 13.3 Å². The molecule has 106 valence electrons. The molecule has 2 atom stereocenters. The maximum Gasteiger partial charge on any atom is 0.175 e. The van der Waals surface area contributed by atoms with Crippen molar-refractivity contribution in [2.24, 2.45) is 0 Å². The summed E-state index contributed by atoms with van der Waals surface area (Å²) < 4.78 is 34.4. The second kappa shape index (κ2) is 5.38. The Morgan fingerprint density at radius 2 is 2.16 bits per heavy atom. The summed E-state index contributed by atoms with van der Waals surface area (Å²) in [6.07, 6.45) is 1.92. The Balaban J connectivity index is 2.19. The van der Waals surface area contributed by atoms with Crippen LogP contribution in [0.25, 0.3) is 0 Å². The van der Waals surface area contributed by atoms with Crippen molar-refractivity contribution in [3.8, 4) is 11.5 Å². The molecule has 0 radical (unpaired) electrons. The summed E-state index contributed by atoms with van der Waals surface area (Å²) in [5, 5.41) is 3.14. The maximum absolute atomic E-state index is 11.5. The first kappa shape index (κ1) is 14.1. The number of fused-ring (bicyclic) bond motifs is 1. The normalized spacial score (nSPS) is 20.1. The van der Waals surface area contributed by atoms with Gasteiger partial charge in [-0.15, -0.1) is 0 Å². The maximum atomic E-state index is 11.5. The Morgan fingerprint density at radius 1 is 1.42 bits per heavy atom. The molecule has 0 saturated heterocycles. The highest BCUT2D eigenvalue weighted by Gasteiger charge is 2.23. The fourth-order valence-corrected chi connectivity index (χ4v) is 2.59. The summed E-state index contributed by atoms with van der Waals surface area (Å²) in [6.45, 7) is 2.54. The molecule has 5 nitrogen and oxygen atoms in total. The lowest BCUT2D eigenvalue weighted by molar-refractivity contribution is 0.0784. The highest BCUT2D eigenvalue weighted by molar-refractivity contribution is 7.90. The van der Waals surface area contributed by atoms with Crippen LogP contribution in [-0.2, 0) is 9.84 Å². The van der Waals surface area contributed by atoms with Gasteiger partial charge in [0, 0.05) is 24.8 Å². The van der Waals surface area contributed by atoms with Crippen molar-refractivity contribution in [2.75, 3.05) is 19.9 Å². The zero-order chi connectivity index (χ0) is 14.0. The minimum absolute atomic E-state index is 0.0650. The fraction of sp³-hybridized carbons (Fsp3) is 0.538. The predicted octanol–water partition coefficient (Wildman–Crippen LogP) is 1.23. The van der Waals surface area contributed by atoms with Gasteiger partial charge in [-0.2, -0.15) is 0 Å². The highest BCUT2D eigenvalue weighted by Crippen LogP contribution is 2.34. The lowest BCUT2D eigenvalue weighted by Crippen LogP contribution is -2.35. The molecule has 1 heterocycles. The first-order chi connectivity index (χ1) is 8.90. The third kappa shape index (κ3) is 3.39. The smallest absolute Gasteiger partial charge is 0.175 e. The average Bonchev–Trinajstić information content (AvgIpc) is 2.36. The van der Waals surface area contributed by atoms with E-state index in [0.29, 0.717) is 24.1 Å². The highest BCUT2D eigenvalue weighted by atomic mass is 32.2. The standard InChI is InChI=1S/C13H19NO4S/c1-9(14-2)6-10-8-17-12-5-4-11(19(3,15)16)7-13(12)18-10/h4-5,7,9-10,14H,6,8H2,1-3H3. The van der Waals surface area contributed by atoms with Gasteiger partial charge in [-0.25, -0.2) is 8.42 Å². The van der Waals surface area contributed by atoms with Gasteiger partial charge in [0.25, 0.3) is 0 Å². The topological polar surface area (TPSA) is 64.6 Å². The summed E-state index contributed by atoms with van der Waals surface area (Å²) >= 11 is 0. The van der Waals surface area contributed by atoms with E-state index in [0.717, 1.165) is 6.42 Å². The van der Waals surface area contributed by atoms with Gasteiger partial charge >= 0.3 is 0 Å². The summed E-state index contributed by atoms with van der Waals surface area (Å²) in [5.41, 5.74) is 0. The van der Waals surface area contributed by atoms with Crippen LogP contribution in [0.4, 0.5) is 0 Å². The van der Waals surface area contributed by atoms with E-state index < -0.39 is 9.84 Å². The first-order valence-corrected chi connectivity index (χ1v) is 8.10. The molecule has 1 aromatic rings. The molecule has 19 heavy (non-hydrogen) atoms. The van der Waals surface area contributed by atoms with Crippen molar-refractivity contribution in [1.82, 2.24) is 5.32 Å². The van der Waals surface area contributed by atoms with Crippen LogP contribution in [0.15, 0.2) is 23.1 Å². The van der Waals surface area contributed by atoms with E-state index in [2.05, 4.69) is 12.2 Å². The van der Waals surface area contributed by atoms with Crippen molar-refractivity contribution >= 4 is 9.84 Å². The van der Waals surface area contributed by atoms with Crippen molar-refractivity contribution < 1.29 is 17.9 Å². The van der Waals surface area contributed by atoms with E-state index in [1.807, 2.05) is 7.05 Å². The summed E-state index contributed by atoms with van der Waals surface area (Å²) in [4.78, 5) is 0.247. The van der Waals surface area contributed by atoms with Crippen LogP contribution in [0.5, 0.6) is 11.5 Å². The van der Waals surface area contributed by atoms with Gasteiger partial charge < -0.3 is 14.8 Å². The summed E-state index contributed by atoms with van der Waals surface area (Å²) in [7, 11) is -1.34. The molecule has 0 fully saturated rings. The van der Waals surface area contributed by atoms with Gasteiger partial charge in [-0.05, 0) is 26.1 Å². The minimum Gasteiger partial charge on any atom is -0.486 e. The quantitative estimate of drug-likeness (QED) is 0.901. The number of ether oxygens (including phenoxy) is 2. The minimum atomic E-state index is -3.23. The predicted molar refractivity (Wildman–Crippen MR) is 72.6 cm³/mol. The largest absolute Gasteiger partial charge is 0.486 e. The molecule has 6 heteroatoms. The van der Waals surface area contributed by atoms with Crippen LogP contribution in [0, 0.1) is 0 Å². The van der Waals surface area contributed by atoms with Gasteiger partial charge in [-0.1, -0.05) is 0 Å². The van der Waals surface area contributed by atoms with Gasteiger partial charge in [0.2, 0.25) is 0 Å². The molecular weight excluding hydrogens is 266 g/mol. The Kier molecular flexibility index (Phi) is 4.01. The zero-order valence-corrected chi connectivity index (χ0v) is 12.2. The van der Waals surface area contributed by atoms with E-state index in [9.17, 15) is 8.42 Å². The molecule has 0 aromatic heterocycles. The van der Waals surface area contributed by atoms with E-state index in [4.69, 9.17) is 9.47 Å². The van der Waals surface area contributed by atoms with Crippen molar-refractivity contribution in [2.45, 2.75) is 30.4 Å². The molecule has 0 spiro atoms. The molecule has 0 amide bonds. The van der Waals surface area contributed by atoms with Gasteiger partial charge in [0.15, 0.2) is 21.3 Å². The number of hydrogen-bond acceptors (Lipinski definition) is 5. The Labute approximate surface area is 113 Å². The average molecular weight is 285 g/mol. The molecule has 0 aliphatic carbocycles. The van der Waals surface area contributed by atoms with Crippen LogP contribution < -0.4 is 14.8 Å². The lowest BCUT2D eigenvalue weighted by atomic mass is 10.1. The van der Waals surface area contributed by atoms with Crippen LogP contribution >= 0.6 is 0 Å². The Hall–Kier alpha value is -1.27. The van der Waals surface area contributed by atoms with Crippen molar-refractivity contribution in [1.29, 1.82) is 0 Å². The number of nitrogens with one attached hydrogen (secondary N) is 1. The van der Waals surface area contributed by atoms with Crippen molar-refractivity contribution in [3.05, 3.63) is 18.2 Å². The second-order valence-electron chi connectivity index (χ2n) is 4.86. The molecule has 0 saturated carbocycles. The fourth-order valence-electron chi connectivity index (χ4n) is 1.96. The molecule has 1 aromatic carbocycles. The molecule has 1 aliphatic rings. The number of hydrogen-bond donors (Lipinski definition) is 1. The molecular formula is C13H19NO4S. The molecule has 2 rings (SSSR count). The van der Waals surface area contributed by atoms with E-state index >= 15 is 0 Å². The van der Waals surface area contributed by atoms with Crippen LogP contribution in [-0.4, -0.2) is 40.5 Å².